The van der Waals surface area contributed by atoms with Crippen LogP contribution in [-0.4, -0.2) is 49.4 Å². The maximum Gasteiger partial charge on any atom is 0.250 e. The summed E-state index contributed by atoms with van der Waals surface area (Å²) < 4.78 is 29.7. The third-order valence-corrected chi connectivity index (χ3v) is 8.15. The van der Waals surface area contributed by atoms with E-state index in [0.717, 1.165) is 0 Å². The highest BCUT2D eigenvalue weighted by Crippen LogP contribution is 2.44. The molecule has 0 saturated carbocycles. The van der Waals surface area contributed by atoms with Gasteiger partial charge in [-0.25, -0.2) is 8.42 Å². The van der Waals surface area contributed by atoms with Gasteiger partial charge in [0, 0.05) is 16.2 Å². The molecule has 9 heteroatoms. The van der Waals surface area contributed by atoms with Crippen molar-refractivity contribution in [2.75, 3.05) is 23.5 Å². The molecule has 2 fully saturated rings. The van der Waals surface area contributed by atoms with E-state index in [0.29, 0.717) is 28.0 Å². The fourth-order valence-corrected chi connectivity index (χ4v) is 7.16. The minimum atomic E-state index is -3.13. The van der Waals surface area contributed by atoms with Crippen LogP contribution in [0.15, 0.2) is 23.2 Å². The molecular formula is C17H21ClN2O4S2. The summed E-state index contributed by atoms with van der Waals surface area (Å²) in [6.45, 7) is 3.77. The van der Waals surface area contributed by atoms with E-state index in [4.69, 9.17) is 16.3 Å². The lowest BCUT2D eigenvalue weighted by Gasteiger charge is -2.26. The number of methoxy groups -OCH3 is 1. The lowest BCUT2D eigenvalue weighted by Crippen LogP contribution is -2.38. The molecule has 0 aromatic heterocycles. The number of rotatable bonds is 4. The third kappa shape index (κ3) is 3.73. The van der Waals surface area contributed by atoms with Crippen LogP contribution in [0.1, 0.15) is 20.3 Å². The van der Waals surface area contributed by atoms with E-state index in [1.807, 2.05) is 18.7 Å². The van der Waals surface area contributed by atoms with Crippen LogP contribution in [0.2, 0.25) is 5.02 Å². The van der Waals surface area contributed by atoms with Crippen molar-refractivity contribution in [1.82, 2.24) is 0 Å². The first-order chi connectivity index (χ1) is 12.3. The molecule has 0 aliphatic carbocycles. The standard InChI is InChI=1S/C17H21ClN2O4S2/c1-4-10(2)16(21)19-17-20(12-7-11(18)5-6-14(12)24-3)13-8-26(22,23)9-15(13)25-17/h5-7,10,13,15H,4,8-9H2,1-3H3/t10-,13+,15+/m0/s1. The van der Waals surface area contributed by atoms with Crippen LogP contribution in [0.4, 0.5) is 5.69 Å². The highest BCUT2D eigenvalue weighted by molar-refractivity contribution is 8.16. The van der Waals surface area contributed by atoms with Gasteiger partial charge < -0.3 is 9.64 Å². The van der Waals surface area contributed by atoms with Crippen molar-refractivity contribution in [2.24, 2.45) is 10.9 Å². The molecule has 0 unspecified atom stereocenters. The van der Waals surface area contributed by atoms with Crippen molar-refractivity contribution >= 4 is 50.0 Å². The fraction of sp³-hybridized carbons (Fsp3) is 0.529. The third-order valence-electron chi connectivity index (χ3n) is 4.71. The topological polar surface area (TPSA) is 76.0 Å². The largest absolute Gasteiger partial charge is 0.495 e. The highest BCUT2D eigenvalue weighted by Gasteiger charge is 2.50. The second-order valence-electron chi connectivity index (χ2n) is 6.53. The summed E-state index contributed by atoms with van der Waals surface area (Å²) in [6.07, 6.45) is 0.696. The molecule has 3 atom stereocenters. The summed E-state index contributed by atoms with van der Waals surface area (Å²) in [7, 11) is -1.58. The Balaban J connectivity index is 2.08. The van der Waals surface area contributed by atoms with E-state index in [2.05, 4.69) is 4.99 Å². The molecule has 26 heavy (non-hydrogen) atoms. The lowest BCUT2D eigenvalue weighted by molar-refractivity contribution is -0.121. The van der Waals surface area contributed by atoms with Gasteiger partial charge in [0.15, 0.2) is 15.0 Å². The Bertz CT molecular complexity index is 856. The van der Waals surface area contributed by atoms with E-state index >= 15 is 0 Å². The van der Waals surface area contributed by atoms with Gasteiger partial charge in [-0.1, -0.05) is 37.2 Å². The van der Waals surface area contributed by atoms with Gasteiger partial charge >= 0.3 is 0 Å². The zero-order valence-corrected chi connectivity index (χ0v) is 17.2. The predicted octanol–water partition coefficient (Wildman–Crippen LogP) is 3.00. The van der Waals surface area contributed by atoms with Crippen molar-refractivity contribution in [3.63, 3.8) is 0 Å². The van der Waals surface area contributed by atoms with Crippen molar-refractivity contribution in [3.8, 4) is 5.75 Å². The van der Waals surface area contributed by atoms with Gasteiger partial charge in [-0.3, -0.25) is 4.79 Å². The van der Waals surface area contributed by atoms with Crippen LogP contribution in [0.3, 0.4) is 0 Å². The first kappa shape index (κ1) is 19.5. The molecule has 2 heterocycles. The number of thioether (sulfide) groups is 1. The molecule has 2 aliphatic heterocycles. The van der Waals surface area contributed by atoms with Crippen LogP contribution in [0.5, 0.6) is 5.75 Å². The monoisotopic (exact) mass is 416 g/mol. The first-order valence-electron chi connectivity index (χ1n) is 8.38. The minimum Gasteiger partial charge on any atom is -0.495 e. The Morgan fingerprint density at radius 2 is 2.19 bits per heavy atom. The average molecular weight is 417 g/mol. The maximum absolute atomic E-state index is 12.4. The number of ether oxygens (including phenoxy) is 1. The van der Waals surface area contributed by atoms with E-state index in [1.54, 1.807) is 25.3 Å². The van der Waals surface area contributed by atoms with Gasteiger partial charge in [-0.2, -0.15) is 4.99 Å². The number of fused-ring (bicyclic) bond motifs is 1. The summed E-state index contributed by atoms with van der Waals surface area (Å²) >= 11 is 7.51. The van der Waals surface area contributed by atoms with Crippen molar-refractivity contribution in [1.29, 1.82) is 0 Å². The van der Waals surface area contributed by atoms with E-state index < -0.39 is 9.84 Å². The number of anilines is 1. The Labute approximate surface area is 162 Å². The number of hydrogen-bond donors (Lipinski definition) is 0. The van der Waals surface area contributed by atoms with Gasteiger partial charge in [0.1, 0.15) is 5.75 Å². The van der Waals surface area contributed by atoms with E-state index in [-0.39, 0.29) is 34.6 Å². The van der Waals surface area contributed by atoms with Crippen LogP contribution >= 0.6 is 23.4 Å². The van der Waals surface area contributed by atoms with Crippen LogP contribution < -0.4 is 9.64 Å². The van der Waals surface area contributed by atoms with Crippen molar-refractivity contribution in [3.05, 3.63) is 23.2 Å². The number of hydrogen-bond acceptors (Lipinski definition) is 5. The van der Waals surface area contributed by atoms with E-state index in [9.17, 15) is 13.2 Å². The number of aliphatic imine (C=N–C) groups is 1. The molecule has 142 valence electrons. The molecule has 6 nitrogen and oxygen atoms in total. The highest BCUT2D eigenvalue weighted by atomic mass is 35.5. The average Bonchev–Trinajstić information content (AvgIpc) is 3.04. The number of amidine groups is 1. The summed E-state index contributed by atoms with van der Waals surface area (Å²) in [5.41, 5.74) is 0.632. The molecule has 2 aliphatic rings. The molecule has 2 saturated heterocycles. The minimum absolute atomic E-state index is 0.0247. The van der Waals surface area contributed by atoms with Crippen molar-refractivity contribution in [2.45, 2.75) is 31.6 Å². The number of carbonyl (C=O) groups is 1. The van der Waals surface area contributed by atoms with Crippen molar-refractivity contribution < 1.29 is 17.9 Å². The number of sulfone groups is 1. The normalized spacial score (nSPS) is 26.8. The zero-order valence-electron chi connectivity index (χ0n) is 14.8. The smallest absolute Gasteiger partial charge is 0.250 e. The van der Waals surface area contributed by atoms with Gasteiger partial charge in [0.05, 0.1) is 30.3 Å². The predicted molar refractivity (Wildman–Crippen MR) is 106 cm³/mol. The summed E-state index contributed by atoms with van der Waals surface area (Å²) in [5.74, 6) is 0.276. The van der Waals surface area contributed by atoms with E-state index in [1.165, 1.54) is 11.8 Å². The second-order valence-corrected chi connectivity index (χ2v) is 10.3. The molecule has 1 aromatic rings. The molecule has 1 amide bonds. The lowest BCUT2D eigenvalue weighted by atomic mass is 10.1. The van der Waals surface area contributed by atoms with Gasteiger partial charge in [-0.15, -0.1) is 0 Å². The van der Waals surface area contributed by atoms with Crippen LogP contribution in [0, 0.1) is 5.92 Å². The number of benzene rings is 1. The molecule has 0 radical (unpaired) electrons. The molecule has 0 spiro atoms. The maximum atomic E-state index is 12.4. The first-order valence-corrected chi connectivity index (χ1v) is 11.5. The number of halogens is 1. The van der Waals surface area contributed by atoms with Gasteiger partial charge in [-0.05, 0) is 24.6 Å². The quantitative estimate of drug-likeness (QED) is 0.750. The summed E-state index contributed by atoms with van der Waals surface area (Å²) in [4.78, 5) is 18.5. The summed E-state index contributed by atoms with van der Waals surface area (Å²) in [5, 5.41) is 0.857. The number of nitrogens with zero attached hydrogens (tertiary/aromatic N) is 2. The second kappa shape index (κ2) is 7.40. The number of carbonyl (C=O) groups excluding carboxylic acids is 1. The number of amides is 1. The fourth-order valence-electron chi connectivity index (χ4n) is 3.08. The Morgan fingerprint density at radius 3 is 2.85 bits per heavy atom. The molecule has 0 bridgehead atoms. The molecule has 0 N–H and O–H groups in total. The zero-order chi connectivity index (χ0) is 19.1. The Hall–Kier alpha value is -1.25. The molecule has 1 aromatic carbocycles. The Morgan fingerprint density at radius 1 is 1.46 bits per heavy atom. The van der Waals surface area contributed by atoms with Gasteiger partial charge in [0.25, 0.3) is 5.91 Å². The van der Waals surface area contributed by atoms with Gasteiger partial charge in [0.2, 0.25) is 0 Å². The Kier molecular flexibility index (Phi) is 5.55. The van der Waals surface area contributed by atoms with Crippen LogP contribution in [-0.2, 0) is 14.6 Å². The molecular weight excluding hydrogens is 396 g/mol. The van der Waals surface area contributed by atoms with Crippen LogP contribution in [0.25, 0.3) is 0 Å². The summed E-state index contributed by atoms with van der Waals surface area (Å²) in [6, 6.07) is 4.86. The SMILES string of the molecule is CC[C@H](C)C(=O)N=C1S[C@@H]2CS(=O)(=O)C[C@H]2N1c1cc(Cl)ccc1OC. The molecule has 3 rings (SSSR count).